The number of methoxy groups -OCH3 is 1. The van der Waals surface area contributed by atoms with Crippen LogP contribution in [-0.2, 0) is 0 Å². The van der Waals surface area contributed by atoms with Crippen molar-refractivity contribution in [2.45, 2.75) is 0 Å². The van der Waals surface area contributed by atoms with E-state index in [2.05, 4.69) is 0 Å². The largest absolute Gasteiger partial charge is 0.506 e. The molecule has 88 valence electrons. The second-order valence-corrected chi connectivity index (χ2v) is 4.35. The minimum Gasteiger partial charge on any atom is -0.506 e. The van der Waals surface area contributed by atoms with E-state index >= 15 is 0 Å². The summed E-state index contributed by atoms with van der Waals surface area (Å²) in [6.07, 6.45) is 0. The number of halogens is 2. The van der Waals surface area contributed by atoms with Crippen molar-refractivity contribution in [3.63, 3.8) is 0 Å². The third-order valence-electron chi connectivity index (χ3n) is 2.42. The number of hydrogen-bond acceptors (Lipinski definition) is 2. The van der Waals surface area contributed by atoms with Gasteiger partial charge < -0.3 is 9.84 Å². The van der Waals surface area contributed by atoms with Crippen LogP contribution in [0.3, 0.4) is 0 Å². The van der Waals surface area contributed by atoms with Crippen molar-refractivity contribution in [2.75, 3.05) is 7.11 Å². The zero-order chi connectivity index (χ0) is 12.4. The average molecular weight is 269 g/mol. The summed E-state index contributed by atoms with van der Waals surface area (Å²) >= 11 is 11.8. The van der Waals surface area contributed by atoms with Gasteiger partial charge in [0.1, 0.15) is 11.5 Å². The van der Waals surface area contributed by atoms with Gasteiger partial charge in [0.25, 0.3) is 0 Å². The van der Waals surface area contributed by atoms with E-state index in [1.165, 1.54) is 6.07 Å². The third kappa shape index (κ3) is 2.48. The molecule has 17 heavy (non-hydrogen) atoms. The SMILES string of the molecule is COc1ccc(Cl)cc1-c1ccc(O)c(Cl)c1. The molecule has 0 bridgehead atoms. The van der Waals surface area contributed by atoms with Gasteiger partial charge in [0.2, 0.25) is 0 Å². The van der Waals surface area contributed by atoms with E-state index in [0.29, 0.717) is 15.8 Å². The van der Waals surface area contributed by atoms with Crippen LogP contribution < -0.4 is 4.74 Å². The molecule has 0 radical (unpaired) electrons. The Morgan fingerprint density at radius 2 is 1.82 bits per heavy atom. The lowest BCUT2D eigenvalue weighted by molar-refractivity contribution is 0.416. The third-order valence-corrected chi connectivity index (χ3v) is 2.96. The van der Waals surface area contributed by atoms with Gasteiger partial charge in [-0.15, -0.1) is 0 Å². The Labute approximate surface area is 109 Å². The van der Waals surface area contributed by atoms with Gasteiger partial charge in [0.15, 0.2) is 0 Å². The first-order chi connectivity index (χ1) is 8.11. The average Bonchev–Trinajstić information content (AvgIpc) is 2.32. The van der Waals surface area contributed by atoms with Crippen molar-refractivity contribution >= 4 is 23.2 Å². The van der Waals surface area contributed by atoms with Crippen LogP contribution >= 0.6 is 23.2 Å². The normalized spacial score (nSPS) is 10.3. The number of ether oxygens (including phenoxy) is 1. The number of phenolic OH excluding ortho intramolecular Hbond substituents is 1. The summed E-state index contributed by atoms with van der Waals surface area (Å²) in [5.41, 5.74) is 1.68. The van der Waals surface area contributed by atoms with Crippen molar-refractivity contribution in [2.24, 2.45) is 0 Å². The van der Waals surface area contributed by atoms with Crippen LogP contribution in [-0.4, -0.2) is 12.2 Å². The lowest BCUT2D eigenvalue weighted by Gasteiger charge is -2.09. The molecule has 0 saturated heterocycles. The van der Waals surface area contributed by atoms with Crippen molar-refractivity contribution in [1.82, 2.24) is 0 Å². The molecular formula is C13H10Cl2O2. The molecule has 4 heteroatoms. The van der Waals surface area contributed by atoms with Gasteiger partial charge in [-0.25, -0.2) is 0 Å². The molecule has 0 atom stereocenters. The Hall–Kier alpha value is -1.38. The maximum Gasteiger partial charge on any atom is 0.134 e. The first-order valence-corrected chi connectivity index (χ1v) is 5.70. The molecule has 0 aliphatic rings. The fourth-order valence-electron chi connectivity index (χ4n) is 1.58. The molecule has 0 saturated carbocycles. The summed E-state index contributed by atoms with van der Waals surface area (Å²) in [6.45, 7) is 0. The van der Waals surface area contributed by atoms with Crippen molar-refractivity contribution in [1.29, 1.82) is 0 Å². The van der Waals surface area contributed by atoms with Crippen LogP contribution in [0.15, 0.2) is 36.4 Å². The molecule has 1 N–H and O–H groups in total. The minimum atomic E-state index is 0.0522. The fraction of sp³-hybridized carbons (Fsp3) is 0.0769. The quantitative estimate of drug-likeness (QED) is 0.876. The molecule has 2 aromatic rings. The lowest BCUT2D eigenvalue weighted by atomic mass is 10.0. The van der Waals surface area contributed by atoms with Crippen LogP contribution in [0.4, 0.5) is 0 Å². The zero-order valence-corrected chi connectivity index (χ0v) is 10.6. The lowest BCUT2D eigenvalue weighted by Crippen LogP contribution is -1.87. The first kappa shape index (κ1) is 12.1. The van der Waals surface area contributed by atoms with Crippen LogP contribution in [0.5, 0.6) is 11.5 Å². The number of rotatable bonds is 2. The van der Waals surface area contributed by atoms with Gasteiger partial charge in [-0.1, -0.05) is 29.3 Å². The Morgan fingerprint density at radius 1 is 1.06 bits per heavy atom. The van der Waals surface area contributed by atoms with Gasteiger partial charge in [0.05, 0.1) is 12.1 Å². The van der Waals surface area contributed by atoms with Gasteiger partial charge in [-0.2, -0.15) is 0 Å². The molecule has 2 rings (SSSR count). The number of benzene rings is 2. The number of aromatic hydroxyl groups is 1. The second-order valence-electron chi connectivity index (χ2n) is 3.51. The Bertz CT molecular complexity index is 553. The van der Waals surface area contributed by atoms with Crippen LogP contribution in [0.2, 0.25) is 10.0 Å². The van der Waals surface area contributed by atoms with Crippen LogP contribution in [0.1, 0.15) is 0 Å². The van der Waals surface area contributed by atoms with E-state index in [-0.39, 0.29) is 5.75 Å². The van der Waals surface area contributed by atoms with Gasteiger partial charge >= 0.3 is 0 Å². The second kappa shape index (κ2) is 4.86. The maximum absolute atomic E-state index is 9.38. The molecule has 0 fully saturated rings. The van der Waals surface area contributed by atoms with Gasteiger partial charge in [0, 0.05) is 10.6 Å². The fourth-order valence-corrected chi connectivity index (χ4v) is 1.93. The summed E-state index contributed by atoms with van der Waals surface area (Å²) < 4.78 is 5.26. The van der Waals surface area contributed by atoms with Gasteiger partial charge in [-0.05, 0) is 35.9 Å². The molecular weight excluding hydrogens is 259 g/mol. The molecule has 0 aliphatic heterocycles. The Morgan fingerprint density at radius 3 is 2.47 bits per heavy atom. The molecule has 0 aliphatic carbocycles. The zero-order valence-electron chi connectivity index (χ0n) is 9.08. The van der Waals surface area contributed by atoms with E-state index in [0.717, 1.165) is 11.1 Å². The highest BCUT2D eigenvalue weighted by atomic mass is 35.5. The molecule has 2 nitrogen and oxygen atoms in total. The highest BCUT2D eigenvalue weighted by molar-refractivity contribution is 6.32. The maximum atomic E-state index is 9.38. The highest BCUT2D eigenvalue weighted by Gasteiger charge is 2.08. The summed E-state index contributed by atoms with van der Waals surface area (Å²) in [5.74, 6) is 0.757. The first-order valence-electron chi connectivity index (χ1n) is 4.94. The van der Waals surface area contributed by atoms with Crippen molar-refractivity contribution in [3.8, 4) is 22.6 Å². The van der Waals surface area contributed by atoms with E-state index in [4.69, 9.17) is 27.9 Å². The molecule has 0 spiro atoms. The summed E-state index contributed by atoms with van der Waals surface area (Å²) in [4.78, 5) is 0. The van der Waals surface area contributed by atoms with E-state index in [9.17, 15) is 5.11 Å². The Balaban J connectivity index is 2.58. The van der Waals surface area contributed by atoms with Gasteiger partial charge in [-0.3, -0.25) is 0 Å². The standard InChI is InChI=1S/C13H10Cl2O2/c1-17-13-5-3-9(14)7-10(13)8-2-4-12(16)11(15)6-8/h2-7,16H,1H3. The van der Waals surface area contributed by atoms with E-state index in [1.807, 2.05) is 0 Å². The number of hydrogen-bond donors (Lipinski definition) is 1. The molecule has 0 unspecified atom stereocenters. The van der Waals surface area contributed by atoms with E-state index < -0.39 is 0 Å². The highest BCUT2D eigenvalue weighted by Crippen LogP contribution is 2.35. The molecule has 0 amide bonds. The Kier molecular flexibility index (Phi) is 3.46. The van der Waals surface area contributed by atoms with Crippen LogP contribution in [0.25, 0.3) is 11.1 Å². The minimum absolute atomic E-state index is 0.0522. The van der Waals surface area contributed by atoms with E-state index in [1.54, 1.807) is 37.4 Å². The van der Waals surface area contributed by atoms with Crippen molar-refractivity contribution in [3.05, 3.63) is 46.4 Å². The smallest absolute Gasteiger partial charge is 0.134 e. The topological polar surface area (TPSA) is 29.5 Å². The molecule has 0 aromatic heterocycles. The van der Waals surface area contributed by atoms with Crippen LogP contribution in [0, 0.1) is 0 Å². The van der Waals surface area contributed by atoms with Crippen molar-refractivity contribution < 1.29 is 9.84 Å². The monoisotopic (exact) mass is 268 g/mol. The summed E-state index contributed by atoms with van der Waals surface area (Å²) in [5, 5.41) is 10.3. The summed E-state index contributed by atoms with van der Waals surface area (Å²) in [6, 6.07) is 10.3. The molecule has 2 aromatic carbocycles. The predicted octanol–water partition coefficient (Wildman–Crippen LogP) is 4.37. The summed E-state index contributed by atoms with van der Waals surface area (Å²) in [7, 11) is 1.59. The number of phenols is 1. The molecule has 0 heterocycles. The predicted molar refractivity (Wildman–Crippen MR) is 70.1 cm³/mol.